The molecule has 2 heterocycles. The fourth-order valence-corrected chi connectivity index (χ4v) is 3.35. The van der Waals surface area contributed by atoms with Crippen LogP contribution in [0.5, 0.6) is 0 Å². The minimum atomic E-state index is -0.112. The molecule has 0 saturated carbocycles. The van der Waals surface area contributed by atoms with Gasteiger partial charge in [0, 0.05) is 30.8 Å². The summed E-state index contributed by atoms with van der Waals surface area (Å²) in [6.45, 7) is 1.07. The number of piperidine rings is 1. The van der Waals surface area contributed by atoms with Gasteiger partial charge in [0.15, 0.2) is 5.78 Å². The van der Waals surface area contributed by atoms with Crippen LogP contribution in [0.15, 0.2) is 30.5 Å². The van der Waals surface area contributed by atoms with Gasteiger partial charge >= 0.3 is 0 Å². The number of benzene rings is 1. The highest BCUT2D eigenvalue weighted by Gasteiger charge is 2.29. The Kier molecular flexibility index (Phi) is 5.18. The number of H-pyrrole nitrogens is 1. The number of likely N-dealkylation sites (tertiary alicyclic amines) is 1. The van der Waals surface area contributed by atoms with Gasteiger partial charge in [0.25, 0.3) is 5.91 Å². The lowest BCUT2D eigenvalue weighted by Crippen LogP contribution is -2.40. The molecule has 1 aliphatic heterocycles. The number of carbonyl (C=O) groups excluding carboxylic acids is 2. The smallest absolute Gasteiger partial charge is 0.270 e. The molecule has 1 aliphatic rings. The second kappa shape index (κ2) is 7.18. The van der Waals surface area contributed by atoms with E-state index >= 15 is 0 Å². The Balaban J connectivity index is 1.63. The highest BCUT2D eigenvalue weighted by Crippen LogP contribution is 2.27. The molecule has 126 valence electrons. The number of nitrogens with one attached hydrogen (secondary N) is 1. The summed E-state index contributed by atoms with van der Waals surface area (Å²) in [4.78, 5) is 29.5. The third-order valence-electron chi connectivity index (χ3n) is 4.24. The van der Waals surface area contributed by atoms with Crippen LogP contribution in [0.2, 0.25) is 15.1 Å². The Labute approximate surface area is 154 Å². The molecular formula is C17H15Cl3N2O2. The van der Waals surface area contributed by atoms with E-state index in [0.29, 0.717) is 52.3 Å². The van der Waals surface area contributed by atoms with Gasteiger partial charge in [-0.1, -0.05) is 34.8 Å². The van der Waals surface area contributed by atoms with Crippen LogP contribution in [0.3, 0.4) is 0 Å². The normalized spacial score (nSPS) is 15.5. The van der Waals surface area contributed by atoms with E-state index in [0.717, 1.165) is 0 Å². The number of rotatable bonds is 3. The predicted molar refractivity (Wildman–Crippen MR) is 95.2 cm³/mol. The minimum Gasteiger partial charge on any atom is -0.356 e. The highest BCUT2D eigenvalue weighted by atomic mass is 35.5. The topological polar surface area (TPSA) is 53.2 Å². The molecule has 0 spiro atoms. The van der Waals surface area contributed by atoms with Gasteiger partial charge in [-0.2, -0.15) is 0 Å². The van der Waals surface area contributed by atoms with Crippen molar-refractivity contribution in [3.05, 3.63) is 56.8 Å². The number of nitrogens with zero attached hydrogens (tertiary/aromatic N) is 1. The molecule has 24 heavy (non-hydrogen) atoms. The molecule has 1 amide bonds. The molecule has 2 aromatic rings. The Morgan fingerprint density at radius 1 is 1.04 bits per heavy atom. The third-order valence-corrected chi connectivity index (χ3v) is 5.19. The first-order valence-electron chi connectivity index (χ1n) is 7.58. The second-order valence-electron chi connectivity index (χ2n) is 5.79. The number of halogens is 3. The summed E-state index contributed by atoms with van der Waals surface area (Å²) in [5.74, 6) is -0.163. The summed E-state index contributed by atoms with van der Waals surface area (Å²) < 4.78 is 0. The molecule has 0 atom stereocenters. The van der Waals surface area contributed by atoms with Gasteiger partial charge in [-0.15, -0.1) is 0 Å². The molecule has 3 rings (SSSR count). The first-order chi connectivity index (χ1) is 11.5. The number of hydrogen-bond acceptors (Lipinski definition) is 2. The molecule has 0 aliphatic carbocycles. The zero-order chi connectivity index (χ0) is 17.3. The number of ketones is 1. The summed E-state index contributed by atoms with van der Waals surface area (Å²) in [7, 11) is 0. The van der Waals surface area contributed by atoms with E-state index in [1.54, 1.807) is 35.4 Å². The summed E-state index contributed by atoms with van der Waals surface area (Å²) >= 11 is 17.7. The quantitative estimate of drug-likeness (QED) is 0.778. The van der Waals surface area contributed by atoms with Crippen molar-refractivity contribution in [2.24, 2.45) is 5.92 Å². The monoisotopic (exact) mass is 384 g/mol. The van der Waals surface area contributed by atoms with Crippen molar-refractivity contribution < 1.29 is 9.59 Å². The van der Waals surface area contributed by atoms with Crippen LogP contribution in [-0.2, 0) is 0 Å². The fraction of sp³-hybridized carbons (Fsp3) is 0.294. The number of amides is 1. The van der Waals surface area contributed by atoms with Crippen molar-refractivity contribution >= 4 is 46.5 Å². The van der Waals surface area contributed by atoms with E-state index in [1.165, 1.54) is 0 Å². The van der Waals surface area contributed by atoms with Crippen LogP contribution >= 0.6 is 34.8 Å². The fourth-order valence-electron chi connectivity index (χ4n) is 2.89. The van der Waals surface area contributed by atoms with Crippen LogP contribution < -0.4 is 0 Å². The standard InChI is InChI=1S/C17H15Cl3N2O2/c18-12-8-15(21-9-12)17(24)22-5-3-10(4-6-22)16(23)11-1-2-13(19)14(20)7-11/h1-2,7-10,21H,3-6H2. The predicted octanol–water partition coefficient (Wildman–Crippen LogP) is 4.71. The Bertz CT molecular complexity index is 780. The third kappa shape index (κ3) is 3.61. The lowest BCUT2D eigenvalue weighted by molar-refractivity contribution is 0.0646. The average Bonchev–Trinajstić information content (AvgIpc) is 3.02. The maximum absolute atomic E-state index is 12.6. The van der Waals surface area contributed by atoms with Crippen LogP contribution in [-0.4, -0.2) is 34.7 Å². The molecule has 1 fully saturated rings. The molecule has 0 radical (unpaired) electrons. The van der Waals surface area contributed by atoms with Crippen LogP contribution in [0.25, 0.3) is 0 Å². The number of carbonyl (C=O) groups is 2. The molecule has 1 N–H and O–H groups in total. The van der Waals surface area contributed by atoms with Gasteiger partial charge < -0.3 is 9.88 Å². The Hall–Kier alpha value is -1.49. The van der Waals surface area contributed by atoms with Crippen molar-refractivity contribution in [1.82, 2.24) is 9.88 Å². The molecule has 0 unspecified atom stereocenters. The van der Waals surface area contributed by atoms with Crippen molar-refractivity contribution in [1.29, 1.82) is 0 Å². The Morgan fingerprint density at radius 2 is 1.75 bits per heavy atom. The van der Waals surface area contributed by atoms with Crippen molar-refractivity contribution in [3.8, 4) is 0 Å². The molecule has 4 nitrogen and oxygen atoms in total. The van der Waals surface area contributed by atoms with Gasteiger partial charge in [-0.25, -0.2) is 0 Å². The number of aromatic amines is 1. The van der Waals surface area contributed by atoms with Gasteiger partial charge in [0.05, 0.1) is 15.1 Å². The van der Waals surface area contributed by atoms with Crippen LogP contribution in [0.1, 0.15) is 33.7 Å². The number of Topliss-reactive ketones (excluding diaryl/α,β-unsaturated/α-hetero) is 1. The first-order valence-corrected chi connectivity index (χ1v) is 8.71. The molecule has 1 aromatic carbocycles. The van der Waals surface area contributed by atoms with Crippen molar-refractivity contribution in [3.63, 3.8) is 0 Å². The molecule has 1 aromatic heterocycles. The molecular weight excluding hydrogens is 371 g/mol. The highest BCUT2D eigenvalue weighted by molar-refractivity contribution is 6.42. The van der Waals surface area contributed by atoms with Gasteiger partial charge in [0.1, 0.15) is 5.69 Å². The van der Waals surface area contributed by atoms with Crippen LogP contribution in [0.4, 0.5) is 0 Å². The minimum absolute atomic E-state index is 0.0450. The van der Waals surface area contributed by atoms with Gasteiger partial charge in [-0.05, 0) is 37.1 Å². The summed E-state index contributed by atoms with van der Waals surface area (Å²) in [5, 5.41) is 1.31. The lowest BCUT2D eigenvalue weighted by Gasteiger charge is -2.31. The van der Waals surface area contributed by atoms with E-state index in [-0.39, 0.29) is 17.6 Å². The van der Waals surface area contributed by atoms with Gasteiger partial charge in [-0.3, -0.25) is 9.59 Å². The largest absolute Gasteiger partial charge is 0.356 e. The average molecular weight is 386 g/mol. The number of hydrogen-bond donors (Lipinski definition) is 1. The zero-order valence-electron chi connectivity index (χ0n) is 12.7. The maximum Gasteiger partial charge on any atom is 0.270 e. The van der Waals surface area contributed by atoms with Gasteiger partial charge in [0.2, 0.25) is 0 Å². The summed E-state index contributed by atoms with van der Waals surface area (Å²) in [6, 6.07) is 6.53. The molecule has 1 saturated heterocycles. The molecule has 7 heteroatoms. The van der Waals surface area contributed by atoms with E-state index in [9.17, 15) is 9.59 Å². The summed E-state index contributed by atoms with van der Waals surface area (Å²) in [5.41, 5.74) is 1.03. The van der Waals surface area contributed by atoms with E-state index in [1.807, 2.05) is 0 Å². The van der Waals surface area contributed by atoms with E-state index in [4.69, 9.17) is 34.8 Å². The lowest BCUT2D eigenvalue weighted by atomic mass is 9.89. The zero-order valence-corrected chi connectivity index (χ0v) is 15.0. The van der Waals surface area contributed by atoms with E-state index in [2.05, 4.69) is 4.98 Å². The van der Waals surface area contributed by atoms with Crippen molar-refractivity contribution in [2.75, 3.05) is 13.1 Å². The number of aromatic nitrogens is 1. The summed E-state index contributed by atoms with van der Waals surface area (Å²) in [6.07, 6.45) is 2.83. The maximum atomic E-state index is 12.6. The Morgan fingerprint density at radius 3 is 2.33 bits per heavy atom. The van der Waals surface area contributed by atoms with E-state index < -0.39 is 0 Å². The first kappa shape index (κ1) is 17.3. The SMILES string of the molecule is O=C(c1ccc(Cl)c(Cl)c1)C1CCN(C(=O)c2cc(Cl)c[nH]2)CC1. The second-order valence-corrected chi connectivity index (χ2v) is 7.04. The van der Waals surface area contributed by atoms with Crippen molar-refractivity contribution in [2.45, 2.75) is 12.8 Å². The van der Waals surface area contributed by atoms with Crippen LogP contribution in [0, 0.1) is 5.92 Å². The molecule has 0 bridgehead atoms.